The van der Waals surface area contributed by atoms with Crippen LogP contribution >= 0.6 is 11.6 Å². The molecule has 0 fully saturated rings. The minimum Gasteiger partial charge on any atom is -0.478 e. The van der Waals surface area contributed by atoms with Gasteiger partial charge in [0, 0.05) is 29.9 Å². The van der Waals surface area contributed by atoms with E-state index in [9.17, 15) is 14.4 Å². The zero-order valence-electron chi connectivity index (χ0n) is 17.5. The van der Waals surface area contributed by atoms with Crippen molar-refractivity contribution in [2.75, 3.05) is 23.7 Å². The number of ether oxygens (including phenoxy) is 1. The topological polar surface area (TPSA) is 87.7 Å². The number of amides is 3. The predicted molar refractivity (Wildman–Crippen MR) is 118 cm³/mol. The summed E-state index contributed by atoms with van der Waals surface area (Å²) in [4.78, 5) is 37.9. The first kappa shape index (κ1) is 23.2. The molecule has 0 bridgehead atoms. The highest BCUT2D eigenvalue weighted by Gasteiger charge is 2.34. The summed E-state index contributed by atoms with van der Waals surface area (Å²) in [6, 6.07) is 13.4. The molecule has 0 aliphatic carbocycles. The van der Waals surface area contributed by atoms with Gasteiger partial charge in [0.25, 0.3) is 5.91 Å². The summed E-state index contributed by atoms with van der Waals surface area (Å²) in [7, 11) is 0. The van der Waals surface area contributed by atoms with Gasteiger partial charge in [0.1, 0.15) is 5.75 Å². The van der Waals surface area contributed by atoms with Crippen LogP contribution in [-0.2, 0) is 14.4 Å². The lowest BCUT2D eigenvalue weighted by Crippen LogP contribution is -2.51. The lowest BCUT2D eigenvalue weighted by atomic mass is 10.1. The van der Waals surface area contributed by atoms with Gasteiger partial charge < -0.3 is 20.3 Å². The van der Waals surface area contributed by atoms with E-state index in [0.717, 1.165) is 0 Å². The van der Waals surface area contributed by atoms with Crippen LogP contribution in [-0.4, -0.2) is 41.3 Å². The maximum Gasteiger partial charge on any atom is 0.266 e. The lowest BCUT2D eigenvalue weighted by Gasteiger charge is -2.31. The van der Waals surface area contributed by atoms with E-state index in [1.165, 1.54) is 11.8 Å². The van der Waals surface area contributed by atoms with Gasteiger partial charge in [-0.25, -0.2) is 0 Å². The van der Waals surface area contributed by atoms with E-state index in [1.54, 1.807) is 69.3 Å². The fourth-order valence-electron chi connectivity index (χ4n) is 2.76. The monoisotopic (exact) mass is 431 g/mol. The van der Waals surface area contributed by atoms with Crippen LogP contribution in [0, 0.1) is 0 Å². The van der Waals surface area contributed by atoms with Crippen LogP contribution in [0.5, 0.6) is 5.75 Å². The highest BCUT2D eigenvalue weighted by atomic mass is 35.5. The van der Waals surface area contributed by atoms with E-state index in [1.807, 2.05) is 0 Å². The molecular weight excluding hydrogens is 406 g/mol. The molecule has 0 saturated heterocycles. The first-order chi connectivity index (χ1) is 14.1. The molecule has 0 radical (unpaired) electrons. The summed E-state index contributed by atoms with van der Waals surface area (Å²) in [5.41, 5.74) is 0.0330. The molecule has 30 heavy (non-hydrogen) atoms. The Kier molecular flexibility index (Phi) is 7.83. The summed E-state index contributed by atoms with van der Waals surface area (Å²) in [6.07, 6.45) is 0. The molecule has 0 unspecified atom stereocenters. The zero-order valence-corrected chi connectivity index (χ0v) is 18.2. The van der Waals surface area contributed by atoms with Crippen molar-refractivity contribution in [2.45, 2.75) is 33.3 Å². The van der Waals surface area contributed by atoms with Gasteiger partial charge in [0.05, 0.1) is 6.54 Å². The smallest absolute Gasteiger partial charge is 0.266 e. The number of carbonyl (C=O) groups is 3. The number of nitrogens with zero attached hydrogens (tertiary/aromatic N) is 1. The molecule has 0 aliphatic heterocycles. The van der Waals surface area contributed by atoms with Crippen LogP contribution in [0.1, 0.15) is 27.7 Å². The van der Waals surface area contributed by atoms with E-state index in [-0.39, 0.29) is 24.3 Å². The molecule has 2 N–H and O–H groups in total. The molecule has 0 atom stereocenters. The third-order valence-electron chi connectivity index (χ3n) is 4.19. The largest absolute Gasteiger partial charge is 0.478 e. The number of benzene rings is 2. The van der Waals surface area contributed by atoms with Gasteiger partial charge in [-0.05, 0) is 69.3 Å². The van der Waals surface area contributed by atoms with Crippen molar-refractivity contribution in [2.24, 2.45) is 0 Å². The number of carbonyl (C=O) groups excluding carboxylic acids is 3. The number of halogens is 1. The standard InChI is InChI=1S/C22H26ClN3O4/c1-5-26(21(29)22(3,4)30-19-12-6-16(23)7-13-19)14-20(28)25-18-10-8-17(9-11-18)24-15(2)27/h6-13H,5,14H2,1-4H3,(H,24,27)(H,25,28). The van der Waals surface area contributed by atoms with Crippen LogP contribution in [0.2, 0.25) is 5.02 Å². The van der Waals surface area contributed by atoms with Crippen molar-refractivity contribution in [1.82, 2.24) is 4.90 Å². The summed E-state index contributed by atoms with van der Waals surface area (Å²) >= 11 is 5.88. The Balaban J connectivity index is 1.98. The SMILES string of the molecule is CCN(CC(=O)Nc1ccc(NC(C)=O)cc1)C(=O)C(C)(C)Oc1ccc(Cl)cc1. The molecule has 2 aromatic rings. The molecule has 0 spiro atoms. The molecule has 0 saturated carbocycles. The third-order valence-corrected chi connectivity index (χ3v) is 4.45. The number of anilines is 2. The molecule has 0 aliphatic rings. The summed E-state index contributed by atoms with van der Waals surface area (Å²) in [6.45, 7) is 6.77. The van der Waals surface area contributed by atoms with Gasteiger partial charge in [-0.15, -0.1) is 0 Å². The second kappa shape index (κ2) is 10.1. The van der Waals surface area contributed by atoms with Crippen LogP contribution in [0.3, 0.4) is 0 Å². The molecule has 2 rings (SSSR count). The molecule has 7 nitrogen and oxygen atoms in total. The van der Waals surface area contributed by atoms with Crippen molar-refractivity contribution in [3.8, 4) is 5.75 Å². The maximum absolute atomic E-state index is 13.0. The quantitative estimate of drug-likeness (QED) is 0.662. The summed E-state index contributed by atoms with van der Waals surface area (Å²) in [5, 5.41) is 5.98. The molecule has 0 heterocycles. The zero-order chi connectivity index (χ0) is 22.3. The minimum absolute atomic E-state index is 0.115. The van der Waals surface area contributed by atoms with Crippen LogP contribution in [0.25, 0.3) is 0 Å². The highest BCUT2D eigenvalue weighted by molar-refractivity contribution is 6.30. The first-order valence-corrected chi connectivity index (χ1v) is 9.90. The van der Waals surface area contributed by atoms with E-state index >= 15 is 0 Å². The average molecular weight is 432 g/mol. The normalized spacial score (nSPS) is 10.8. The minimum atomic E-state index is -1.16. The van der Waals surface area contributed by atoms with Crippen LogP contribution in [0.15, 0.2) is 48.5 Å². The molecular formula is C22H26ClN3O4. The van der Waals surface area contributed by atoms with E-state index in [2.05, 4.69) is 10.6 Å². The Bertz CT molecular complexity index is 896. The summed E-state index contributed by atoms with van der Waals surface area (Å²) in [5.74, 6) is -0.305. The Morgan fingerprint density at radius 2 is 1.50 bits per heavy atom. The molecule has 0 aromatic heterocycles. The number of likely N-dealkylation sites (N-methyl/N-ethyl adjacent to an activating group) is 1. The van der Waals surface area contributed by atoms with Gasteiger partial charge >= 0.3 is 0 Å². The van der Waals surface area contributed by atoms with E-state index < -0.39 is 5.60 Å². The second-order valence-corrected chi connectivity index (χ2v) is 7.63. The second-order valence-electron chi connectivity index (χ2n) is 7.19. The number of rotatable bonds is 8. The number of nitrogens with one attached hydrogen (secondary N) is 2. The van der Waals surface area contributed by atoms with Gasteiger partial charge in [-0.3, -0.25) is 14.4 Å². The molecule has 8 heteroatoms. The number of hydrogen-bond acceptors (Lipinski definition) is 4. The van der Waals surface area contributed by atoms with Crippen LogP contribution in [0.4, 0.5) is 11.4 Å². The Hall–Kier alpha value is -3.06. The van der Waals surface area contributed by atoms with Crippen LogP contribution < -0.4 is 15.4 Å². The van der Waals surface area contributed by atoms with Crippen molar-refractivity contribution in [3.63, 3.8) is 0 Å². The average Bonchev–Trinajstić information content (AvgIpc) is 2.68. The van der Waals surface area contributed by atoms with Gasteiger partial charge in [-0.1, -0.05) is 11.6 Å². The maximum atomic E-state index is 13.0. The predicted octanol–water partition coefficient (Wildman–Crippen LogP) is 3.94. The highest BCUT2D eigenvalue weighted by Crippen LogP contribution is 2.22. The molecule has 160 valence electrons. The van der Waals surface area contributed by atoms with Crippen molar-refractivity contribution in [3.05, 3.63) is 53.6 Å². The van der Waals surface area contributed by atoms with E-state index in [0.29, 0.717) is 28.7 Å². The van der Waals surface area contributed by atoms with Gasteiger partial charge in [0.2, 0.25) is 11.8 Å². The van der Waals surface area contributed by atoms with Crippen molar-refractivity contribution < 1.29 is 19.1 Å². The van der Waals surface area contributed by atoms with Crippen molar-refractivity contribution in [1.29, 1.82) is 0 Å². The molecule has 3 amide bonds. The Morgan fingerprint density at radius 1 is 0.967 bits per heavy atom. The van der Waals surface area contributed by atoms with Crippen molar-refractivity contribution >= 4 is 40.7 Å². The lowest BCUT2D eigenvalue weighted by molar-refractivity contribution is -0.147. The number of hydrogen-bond donors (Lipinski definition) is 2. The summed E-state index contributed by atoms with van der Waals surface area (Å²) < 4.78 is 5.83. The fourth-order valence-corrected chi connectivity index (χ4v) is 2.89. The first-order valence-electron chi connectivity index (χ1n) is 9.52. The van der Waals surface area contributed by atoms with Gasteiger partial charge in [-0.2, -0.15) is 0 Å². The van der Waals surface area contributed by atoms with E-state index in [4.69, 9.17) is 16.3 Å². The third kappa shape index (κ3) is 6.77. The Labute approximate surface area is 181 Å². The fraction of sp³-hybridized carbons (Fsp3) is 0.318. The molecule has 2 aromatic carbocycles. The van der Waals surface area contributed by atoms with Gasteiger partial charge in [0.15, 0.2) is 5.60 Å². The Morgan fingerprint density at radius 3 is 2.00 bits per heavy atom.